The van der Waals surface area contributed by atoms with Gasteiger partial charge < -0.3 is 29.7 Å². The fourth-order valence-corrected chi connectivity index (χ4v) is 5.32. The minimum atomic E-state index is -0.451. The van der Waals surface area contributed by atoms with Gasteiger partial charge in [0.25, 0.3) is 5.91 Å². The second-order valence-electron chi connectivity index (χ2n) is 10.7. The summed E-state index contributed by atoms with van der Waals surface area (Å²) in [6.45, 7) is 4.58. The highest BCUT2D eigenvalue weighted by molar-refractivity contribution is 5.95. The van der Waals surface area contributed by atoms with Crippen molar-refractivity contribution in [2.24, 2.45) is 5.92 Å². The number of hydrogen-bond acceptors (Lipinski definition) is 9. The number of amides is 2. The number of anilines is 2. The second kappa shape index (κ2) is 12.1. The van der Waals surface area contributed by atoms with Crippen LogP contribution in [0.1, 0.15) is 18.4 Å². The number of carbonyl (C=O) groups excluding carboxylic acids is 2. The van der Waals surface area contributed by atoms with Crippen molar-refractivity contribution in [1.82, 2.24) is 20.2 Å². The van der Waals surface area contributed by atoms with E-state index in [-0.39, 0.29) is 18.6 Å². The monoisotopic (exact) mass is 558 g/mol. The fraction of sp³-hybridized carbons (Fsp3) is 0.400. The van der Waals surface area contributed by atoms with Crippen LogP contribution in [0.5, 0.6) is 11.6 Å². The number of pyridine rings is 2. The Labute approximate surface area is 238 Å². The molecule has 6 rings (SSSR count). The van der Waals surface area contributed by atoms with Gasteiger partial charge >= 0.3 is 6.09 Å². The summed E-state index contributed by atoms with van der Waals surface area (Å²) in [5.41, 5.74) is 3.06. The molecule has 0 aliphatic carbocycles. The van der Waals surface area contributed by atoms with E-state index >= 15 is 0 Å². The van der Waals surface area contributed by atoms with Crippen LogP contribution < -0.4 is 25.0 Å². The lowest BCUT2D eigenvalue weighted by molar-refractivity contribution is -0.118. The Kier molecular flexibility index (Phi) is 7.97. The van der Waals surface area contributed by atoms with Gasteiger partial charge in [0.05, 0.1) is 18.8 Å². The molecule has 3 aliphatic heterocycles. The maximum absolute atomic E-state index is 12.5. The highest BCUT2D eigenvalue weighted by Crippen LogP contribution is 2.30. The molecule has 2 atom stereocenters. The van der Waals surface area contributed by atoms with Crippen molar-refractivity contribution in [1.29, 1.82) is 0 Å². The number of aromatic nitrogens is 2. The first kappa shape index (κ1) is 27.0. The molecule has 2 N–H and O–H groups in total. The van der Waals surface area contributed by atoms with E-state index in [2.05, 4.69) is 45.8 Å². The largest absolute Gasteiger partial charge is 0.480 e. The molecule has 2 amide bonds. The molecule has 0 unspecified atom stereocenters. The van der Waals surface area contributed by atoms with Crippen molar-refractivity contribution in [3.8, 4) is 22.9 Å². The molecule has 0 bridgehead atoms. The number of benzene rings is 1. The number of cyclic esters (lactones) is 1. The van der Waals surface area contributed by atoms with Crippen LogP contribution in [0.15, 0.2) is 54.6 Å². The van der Waals surface area contributed by atoms with Gasteiger partial charge in [-0.15, -0.1) is 0 Å². The Hall–Kier alpha value is -4.22. The van der Waals surface area contributed by atoms with Crippen molar-refractivity contribution < 1.29 is 23.8 Å². The van der Waals surface area contributed by atoms with E-state index in [1.54, 1.807) is 12.1 Å². The Morgan fingerprint density at radius 3 is 2.88 bits per heavy atom. The predicted octanol–water partition coefficient (Wildman–Crippen LogP) is 3.31. The van der Waals surface area contributed by atoms with Crippen LogP contribution in [-0.2, 0) is 16.1 Å². The van der Waals surface area contributed by atoms with Crippen molar-refractivity contribution in [3.05, 3.63) is 60.2 Å². The number of nitrogens with one attached hydrogen (secondary N) is 2. The SMILES string of the molecule is CN1CC[C@@H](COc2cccc(-c3cccc(CNCC[C@H]4CN(c5ccc6c(n5)NC(=O)CO6)C(=O)O4)c3)n2)C1. The van der Waals surface area contributed by atoms with E-state index in [0.29, 0.717) is 61.8 Å². The molecule has 41 heavy (non-hydrogen) atoms. The zero-order valence-electron chi connectivity index (χ0n) is 23.0. The Bertz CT molecular complexity index is 1420. The standard InChI is InChI=1S/C30H34N6O5/c1-35-13-11-21(16-35)18-40-28-7-3-6-24(32-28)22-5-2-4-20(14-22)15-31-12-10-23-17-36(30(38)41-23)26-9-8-25-29(33-26)34-27(37)19-39-25/h2-9,14,21,23,31H,10-13,15-19H2,1H3,(H,33,34,37)/t21-,23+/m1/s1. The lowest BCUT2D eigenvalue weighted by atomic mass is 10.1. The highest BCUT2D eigenvalue weighted by Gasteiger charge is 2.33. The van der Waals surface area contributed by atoms with Gasteiger partial charge in [0.1, 0.15) is 11.9 Å². The number of fused-ring (bicyclic) bond motifs is 1. The van der Waals surface area contributed by atoms with Gasteiger partial charge in [-0.1, -0.05) is 24.3 Å². The van der Waals surface area contributed by atoms with E-state index in [1.807, 2.05) is 24.3 Å². The molecular formula is C30H34N6O5. The molecule has 0 spiro atoms. The predicted molar refractivity (Wildman–Crippen MR) is 153 cm³/mol. The smallest absolute Gasteiger partial charge is 0.415 e. The zero-order chi connectivity index (χ0) is 28.2. The fourth-order valence-electron chi connectivity index (χ4n) is 5.32. The Balaban J connectivity index is 0.982. The van der Waals surface area contributed by atoms with Crippen LogP contribution in [0.4, 0.5) is 16.4 Å². The van der Waals surface area contributed by atoms with Gasteiger partial charge in [-0.25, -0.2) is 14.8 Å². The van der Waals surface area contributed by atoms with Gasteiger partial charge in [-0.3, -0.25) is 9.69 Å². The van der Waals surface area contributed by atoms with E-state index in [1.165, 1.54) is 4.90 Å². The highest BCUT2D eigenvalue weighted by atomic mass is 16.6. The van der Waals surface area contributed by atoms with Crippen molar-refractivity contribution in [3.63, 3.8) is 0 Å². The molecule has 2 saturated heterocycles. The molecule has 3 aromatic rings. The summed E-state index contributed by atoms with van der Waals surface area (Å²) in [4.78, 5) is 37.0. The Morgan fingerprint density at radius 2 is 2.00 bits per heavy atom. The van der Waals surface area contributed by atoms with Gasteiger partial charge in [-0.05, 0) is 62.8 Å². The summed E-state index contributed by atoms with van der Waals surface area (Å²) in [6, 6.07) is 17.6. The van der Waals surface area contributed by atoms with E-state index in [9.17, 15) is 9.59 Å². The number of ether oxygens (including phenoxy) is 3. The lowest BCUT2D eigenvalue weighted by Gasteiger charge is -2.19. The molecule has 2 fully saturated rings. The summed E-state index contributed by atoms with van der Waals surface area (Å²) in [5, 5.41) is 6.12. The summed E-state index contributed by atoms with van der Waals surface area (Å²) in [5.74, 6) is 2.14. The van der Waals surface area contributed by atoms with Gasteiger partial charge in [0, 0.05) is 30.6 Å². The molecule has 2 aromatic heterocycles. The van der Waals surface area contributed by atoms with Crippen LogP contribution in [0.2, 0.25) is 0 Å². The average molecular weight is 559 g/mol. The quantitative estimate of drug-likeness (QED) is 0.361. The third-order valence-electron chi connectivity index (χ3n) is 7.49. The third kappa shape index (κ3) is 6.58. The first-order valence-corrected chi connectivity index (χ1v) is 14.0. The molecule has 3 aliphatic rings. The number of likely N-dealkylation sites (tertiary alicyclic amines) is 1. The van der Waals surface area contributed by atoms with Crippen molar-refractivity contribution >= 4 is 23.6 Å². The number of hydrogen-bond donors (Lipinski definition) is 2. The Morgan fingerprint density at radius 1 is 1.10 bits per heavy atom. The van der Waals surface area contributed by atoms with E-state index in [0.717, 1.165) is 36.3 Å². The number of rotatable bonds is 10. The minimum Gasteiger partial charge on any atom is -0.480 e. The van der Waals surface area contributed by atoms with Crippen molar-refractivity contribution in [2.45, 2.75) is 25.5 Å². The normalized spacial score (nSPS) is 20.4. The number of carbonyl (C=O) groups is 2. The molecule has 0 radical (unpaired) electrons. The molecule has 11 nitrogen and oxygen atoms in total. The molecule has 214 valence electrons. The summed E-state index contributed by atoms with van der Waals surface area (Å²) < 4.78 is 16.9. The second-order valence-corrected chi connectivity index (χ2v) is 10.7. The minimum absolute atomic E-state index is 0.0448. The van der Waals surface area contributed by atoms with E-state index in [4.69, 9.17) is 19.2 Å². The van der Waals surface area contributed by atoms with Gasteiger partial charge in [0.2, 0.25) is 5.88 Å². The molecule has 5 heterocycles. The molecular weight excluding hydrogens is 524 g/mol. The topological polar surface area (TPSA) is 118 Å². The summed E-state index contributed by atoms with van der Waals surface area (Å²) in [6.07, 6.45) is 1.11. The van der Waals surface area contributed by atoms with Crippen LogP contribution in [-0.4, -0.2) is 79.4 Å². The lowest BCUT2D eigenvalue weighted by Crippen LogP contribution is -2.29. The zero-order valence-corrected chi connectivity index (χ0v) is 23.0. The van der Waals surface area contributed by atoms with Crippen LogP contribution in [0.3, 0.4) is 0 Å². The van der Waals surface area contributed by atoms with E-state index < -0.39 is 6.09 Å². The first-order valence-electron chi connectivity index (χ1n) is 14.0. The summed E-state index contributed by atoms with van der Waals surface area (Å²) >= 11 is 0. The molecule has 0 saturated carbocycles. The van der Waals surface area contributed by atoms with Crippen LogP contribution >= 0.6 is 0 Å². The van der Waals surface area contributed by atoms with Gasteiger partial charge in [-0.2, -0.15) is 0 Å². The van der Waals surface area contributed by atoms with Crippen molar-refractivity contribution in [2.75, 3.05) is 56.7 Å². The van der Waals surface area contributed by atoms with Crippen LogP contribution in [0.25, 0.3) is 11.3 Å². The number of nitrogens with zero attached hydrogens (tertiary/aromatic N) is 4. The molecule has 1 aromatic carbocycles. The van der Waals surface area contributed by atoms with Crippen LogP contribution in [0, 0.1) is 5.92 Å². The average Bonchev–Trinajstić information content (AvgIpc) is 3.58. The maximum Gasteiger partial charge on any atom is 0.415 e. The summed E-state index contributed by atoms with van der Waals surface area (Å²) in [7, 11) is 2.15. The molecule has 11 heteroatoms. The maximum atomic E-state index is 12.5. The first-order chi connectivity index (χ1) is 20.0. The van der Waals surface area contributed by atoms with Gasteiger partial charge in [0.15, 0.2) is 18.2 Å². The third-order valence-corrected chi connectivity index (χ3v) is 7.49.